The average molecular weight is 353 g/mol. The van der Waals surface area contributed by atoms with Gasteiger partial charge in [-0.15, -0.1) is 0 Å². The third kappa shape index (κ3) is 7.13. The number of aryl methyl sites for hydroxylation is 2. The lowest BCUT2D eigenvalue weighted by Gasteiger charge is -2.23. The molecule has 7 heteroatoms. The van der Waals surface area contributed by atoms with Gasteiger partial charge in [-0.3, -0.25) is 4.90 Å². The monoisotopic (exact) mass is 352 g/mol. The maximum atomic E-state index is 9.97. The molecule has 0 saturated heterocycles. The average Bonchev–Trinajstić information content (AvgIpc) is 2.43. The first-order chi connectivity index (χ1) is 9.97. The summed E-state index contributed by atoms with van der Waals surface area (Å²) in [5.41, 5.74) is 1.87. The summed E-state index contributed by atoms with van der Waals surface area (Å²) in [6.07, 6.45) is -0.695. The van der Waals surface area contributed by atoms with Gasteiger partial charge in [0.25, 0.3) is 0 Å². The highest BCUT2D eigenvalue weighted by Crippen LogP contribution is 2.25. The van der Waals surface area contributed by atoms with Gasteiger partial charge < -0.3 is 32.5 Å². The molecule has 0 bridgehead atoms. The number of hydrogen-bond acceptors (Lipinski definition) is 5. The SMILES string of the molecule is Cc1cc(OCC(O)CN(CCO)CCO)cc(C)c1Cl.[Cl-]. The van der Waals surface area contributed by atoms with Crippen molar-refractivity contribution in [2.24, 2.45) is 0 Å². The van der Waals surface area contributed by atoms with Gasteiger partial charge in [0.15, 0.2) is 0 Å². The molecule has 1 aromatic carbocycles. The van der Waals surface area contributed by atoms with Crippen molar-refractivity contribution >= 4 is 11.6 Å². The van der Waals surface area contributed by atoms with Crippen molar-refractivity contribution in [2.45, 2.75) is 20.0 Å². The second kappa shape index (κ2) is 11.0. The van der Waals surface area contributed by atoms with Gasteiger partial charge in [-0.25, -0.2) is 0 Å². The van der Waals surface area contributed by atoms with E-state index in [4.69, 9.17) is 26.6 Å². The van der Waals surface area contributed by atoms with Gasteiger partial charge >= 0.3 is 0 Å². The summed E-state index contributed by atoms with van der Waals surface area (Å²) >= 11 is 6.09. The van der Waals surface area contributed by atoms with E-state index < -0.39 is 6.10 Å². The standard InChI is InChI=1S/C15H24ClNO4.ClH/c1-11-7-14(8-12(2)15(11)16)21-10-13(20)9-17(3-5-18)4-6-19;/h7-8,13,18-20H,3-6,9-10H2,1-2H3;1H/p-1. The van der Waals surface area contributed by atoms with Crippen molar-refractivity contribution in [1.82, 2.24) is 4.90 Å². The fourth-order valence-corrected chi connectivity index (χ4v) is 2.22. The van der Waals surface area contributed by atoms with Crippen molar-refractivity contribution in [1.29, 1.82) is 0 Å². The zero-order valence-corrected chi connectivity index (χ0v) is 14.4. The molecule has 3 N–H and O–H groups in total. The molecule has 1 unspecified atom stereocenters. The molecule has 5 nitrogen and oxygen atoms in total. The lowest BCUT2D eigenvalue weighted by atomic mass is 10.1. The minimum absolute atomic E-state index is 0. The molecule has 0 amide bonds. The predicted octanol–water partition coefficient (Wildman–Crippen LogP) is -2.01. The van der Waals surface area contributed by atoms with Gasteiger partial charge in [0.1, 0.15) is 18.5 Å². The van der Waals surface area contributed by atoms with Crippen LogP contribution in [0.2, 0.25) is 5.02 Å². The molecule has 22 heavy (non-hydrogen) atoms. The van der Waals surface area contributed by atoms with E-state index in [1.807, 2.05) is 26.0 Å². The molecule has 0 aliphatic heterocycles. The number of nitrogens with zero attached hydrogens (tertiary/aromatic N) is 1. The summed E-state index contributed by atoms with van der Waals surface area (Å²) in [4.78, 5) is 1.78. The molecule has 0 radical (unpaired) electrons. The van der Waals surface area contributed by atoms with Gasteiger partial charge in [0, 0.05) is 24.7 Å². The minimum Gasteiger partial charge on any atom is -1.00 e. The van der Waals surface area contributed by atoms with Crippen molar-refractivity contribution < 1.29 is 32.5 Å². The van der Waals surface area contributed by atoms with Gasteiger partial charge in [-0.2, -0.15) is 0 Å². The zero-order valence-electron chi connectivity index (χ0n) is 12.9. The van der Waals surface area contributed by atoms with E-state index in [0.29, 0.717) is 25.4 Å². The fourth-order valence-electron chi connectivity index (χ4n) is 2.11. The lowest BCUT2D eigenvalue weighted by Crippen LogP contribution is -3.00. The quantitative estimate of drug-likeness (QED) is 0.479. The topological polar surface area (TPSA) is 73.2 Å². The largest absolute Gasteiger partial charge is 1.00 e. The van der Waals surface area contributed by atoms with Crippen LogP contribution in [0.3, 0.4) is 0 Å². The zero-order chi connectivity index (χ0) is 15.8. The molecule has 0 heterocycles. The van der Waals surface area contributed by atoms with Crippen LogP contribution in [-0.4, -0.2) is 65.8 Å². The second-order valence-electron chi connectivity index (χ2n) is 5.08. The highest BCUT2D eigenvalue weighted by molar-refractivity contribution is 6.32. The number of ether oxygens (including phenoxy) is 1. The van der Waals surface area contributed by atoms with Crippen LogP contribution in [0.4, 0.5) is 0 Å². The lowest BCUT2D eigenvalue weighted by molar-refractivity contribution is -0.0000111. The molecule has 128 valence electrons. The van der Waals surface area contributed by atoms with Crippen LogP contribution in [-0.2, 0) is 0 Å². The number of benzene rings is 1. The van der Waals surface area contributed by atoms with E-state index in [2.05, 4.69) is 0 Å². The fraction of sp³-hybridized carbons (Fsp3) is 0.600. The molecule has 1 atom stereocenters. The summed E-state index contributed by atoms with van der Waals surface area (Å²) < 4.78 is 5.58. The van der Waals surface area contributed by atoms with Gasteiger partial charge in [-0.1, -0.05) is 11.6 Å². The first kappa shape index (κ1) is 21.4. The van der Waals surface area contributed by atoms with E-state index in [1.54, 1.807) is 4.90 Å². The molecule has 0 aromatic heterocycles. The Bertz CT molecular complexity index is 417. The first-order valence-electron chi connectivity index (χ1n) is 6.99. The van der Waals surface area contributed by atoms with Gasteiger partial charge in [-0.05, 0) is 37.1 Å². The Kier molecular flexibility index (Phi) is 10.8. The van der Waals surface area contributed by atoms with Crippen molar-refractivity contribution in [3.63, 3.8) is 0 Å². The predicted molar refractivity (Wildman–Crippen MR) is 83.0 cm³/mol. The number of rotatable bonds is 9. The van der Waals surface area contributed by atoms with Crippen LogP contribution in [0.15, 0.2) is 12.1 Å². The Morgan fingerprint density at radius 1 is 1.14 bits per heavy atom. The van der Waals surface area contributed by atoms with Crippen LogP contribution >= 0.6 is 11.6 Å². The molecular weight excluding hydrogens is 329 g/mol. The van der Waals surface area contributed by atoms with Crippen molar-refractivity contribution in [3.8, 4) is 5.75 Å². The summed E-state index contributed by atoms with van der Waals surface area (Å²) in [6, 6.07) is 3.67. The summed E-state index contributed by atoms with van der Waals surface area (Å²) in [5.74, 6) is 0.671. The minimum atomic E-state index is -0.695. The second-order valence-corrected chi connectivity index (χ2v) is 5.46. The third-order valence-electron chi connectivity index (χ3n) is 3.15. The highest BCUT2D eigenvalue weighted by atomic mass is 35.5. The molecule has 0 aliphatic rings. The first-order valence-corrected chi connectivity index (χ1v) is 7.37. The number of aliphatic hydroxyl groups excluding tert-OH is 3. The Labute approximate surface area is 142 Å². The van der Waals surface area contributed by atoms with Crippen LogP contribution < -0.4 is 17.1 Å². The van der Waals surface area contributed by atoms with Crippen molar-refractivity contribution in [2.75, 3.05) is 39.5 Å². The normalized spacial score (nSPS) is 12.1. The third-order valence-corrected chi connectivity index (χ3v) is 3.75. The number of hydrogen-bond donors (Lipinski definition) is 3. The van der Waals surface area contributed by atoms with E-state index >= 15 is 0 Å². The Morgan fingerprint density at radius 3 is 2.09 bits per heavy atom. The smallest absolute Gasteiger partial charge is 0.120 e. The summed E-state index contributed by atoms with van der Waals surface area (Å²) in [5, 5.41) is 28.5. The molecular formula is C15H24Cl2NO4-. The molecule has 0 spiro atoms. The van der Waals surface area contributed by atoms with Gasteiger partial charge in [0.2, 0.25) is 0 Å². The maximum absolute atomic E-state index is 9.97. The summed E-state index contributed by atoms with van der Waals surface area (Å²) in [7, 11) is 0. The van der Waals surface area contributed by atoms with Crippen LogP contribution in [0.5, 0.6) is 5.75 Å². The molecule has 1 rings (SSSR count). The number of aliphatic hydroxyl groups is 3. The Hall–Kier alpha value is -0.560. The van der Waals surface area contributed by atoms with E-state index in [-0.39, 0.29) is 32.2 Å². The Morgan fingerprint density at radius 2 is 1.64 bits per heavy atom. The van der Waals surface area contributed by atoms with Crippen LogP contribution in [0.1, 0.15) is 11.1 Å². The van der Waals surface area contributed by atoms with Crippen LogP contribution in [0.25, 0.3) is 0 Å². The highest BCUT2D eigenvalue weighted by Gasteiger charge is 2.12. The van der Waals surface area contributed by atoms with E-state index in [0.717, 1.165) is 16.1 Å². The van der Waals surface area contributed by atoms with E-state index in [9.17, 15) is 5.11 Å². The van der Waals surface area contributed by atoms with Gasteiger partial charge in [0.05, 0.1) is 13.2 Å². The molecule has 0 aliphatic carbocycles. The molecule has 1 aromatic rings. The van der Waals surface area contributed by atoms with Crippen molar-refractivity contribution in [3.05, 3.63) is 28.3 Å². The number of halogens is 2. The Balaban J connectivity index is 0.00000441. The molecule has 0 fully saturated rings. The molecule has 0 saturated carbocycles. The van der Waals surface area contributed by atoms with E-state index in [1.165, 1.54) is 0 Å². The summed E-state index contributed by atoms with van der Waals surface area (Å²) in [6.45, 7) is 5.10. The maximum Gasteiger partial charge on any atom is 0.120 e. The van der Waals surface area contributed by atoms with Crippen LogP contribution in [0, 0.1) is 13.8 Å².